The molecule has 1 atom stereocenters. The molecule has 36 heavy (non-hydrogen) atoms. The predicted molar refractivity (Wildman–Crippen MR) is 134 cm³/mol. The van der Waals surface area contributed by atoms with Crippen molar-refractivity contribution in [1.29, 1.82) is 0 Å². The average molecular weight is 488 g/mol. The van der Waals surface area contributed by atoms with Gasteiger partial charge < -0.3 is 14.7 Å². The van der Waals surface area contributed by atoms with E-state index in [9.17, 15) is 19.1 Å². The van der Waals surface area contributed by atoms with Gasteiger partial charge in [-0.05, 0) is 73.4 Å². The number of hydrogen-bond acceptors (Lipinski definition) is 6. The summed E-state index contributed by atoms with van der Waals surface area (Å²) < 4.78 is 19.4. The SMILES string of the molecule is COc1ccc(F)cc1/C(O)=C1\C(=O)C(=O)N(c2ccc(N3CCCCC3)cc2)C1c1cccnc1. The van der Waals surface area contributed by atoms with Gasteiger partial charge in [-0.15, -0.1) is 0 Å². The molecule has 1 N–H and O–H groups in total. The van der Waals surface area contributed by atoms with Crippen molar-refractivity contribution in [3.63, 3.8) is 0 Å². The van der Waals surface area contributed by atoms with Crippen LogP contribution in [0.15, 0.2) is 72.6 Å². The lowest BCUT2D eigenvalue weighted by Gasteiger charge is -2.30. The minimum absolute atomic E-state index is 0.00941. The maximum Gasteiger partial charge on any atom is 0.300 e. The lowest BCUT2D eigenvalue weighted by molar-refractivity contribution is -0.132. The van der Waals surface area contributed by atoms with E-state index in [0.29, 0.717) is 11.3 Å². The van der Waals surface area contributed by atoms with E-state index >= 15 is 0 Å². The number of Topliss-reactive ketones (excluding diaryl/α,β-unsaturated/α-hetero) is 1. The number of hydrogen-bond donors (Lipinski definition) is 1. The van der Waals surface area contributed by atoms with Crippen molar-refractivity contribution in [2.24, 2.45) is 0 Å². The molecule has 5 rings (SSSR count). The normalized spacial score (nSPS) is 19.6. The van der Waals surface area contributed by atoms with Crippen molar-refractivity contribution in [1.82, 2.24) is 4.98 Å². The number of aliphatic hydroxyl groups excluding tert-OH is 1. The number of aliphatic hydroxyl groups is 1. The fourth-order valence-corrected chi connectivity index (χ4v) is 4.94. The number of carbonyl (C=O) groups excluding carboxylic acids is 2. The van der Waals surface area contributed by atoms with E-state index < -0.39 is 29.3 Å². The van der Waals surface area contributed by atoms with Crippen molar-refractivity contribution in [2.45, 2.75) is 25.3 Å². The smallest absolute Gasteiger partial charge is 0.300 e. The highest BCUT2D eigenvalue weighted by Gasteiger charge is 2.47. The van der Waals surface area contributed by atoms with Crippen LogP contribution < -0.4 is 14.5 Å². The first-order chi connectivity index (χ1) is 17.5. The van der Waals surface area contributed by atoms with Gasteiger partial charge in [0.05, 0.1) is 24.3 Å². The standard InChI is InChI=1S/C28H26FN3O4/c1-36-23-12-7-19(29)16-22(23)26(33)24-25(18-6-5-13-30-17-18)32(28(35)27(24)34)21-10-8-20(9-11-21)31-14-3-2-4-15-31/h5-13,16-17,25,33H,2-4,14-15H2,1H3/b26-24+. The number of ether oxygens (including phenoxy) is 1. The summed E-state index contributed by atoms with van der Waals surface area (Å²) in [7, 11) is 1.38. The van der Waals surface area contributed by atoms with Gasteiger partial charge in [0, 0.05) is 36.9 Å². The van der Waals surface area contributed by atoms with Gasteiger partial charge in [-0.3, -0.25) is 19.5 Å². The third-order valence-electron chi connectivity index (χ3n) is 6.71. The van der Waals surface area contributed by atoms with Crippen molar-refractivity contribution >= 4 is 28.8 Å². The molecule has 3 aromatic rings. The number of rotatable bonds is 5. The number of ketones is 1. The number of pyridine rings is 1. The molecule has 3 heterocycles. The first-order valence-electron chi connectivity index (χ1n) is 11.9. The van der Waals surface area contributed by atoms with Gasteiger partial charge in [0.25, 0.3) is 11.7 Å². The van der Waals surface area contributed by atoms with Crippen LogP contribution in [0.25, 0.3) is 5.76 Å². The second-order valence-corrected chi connectivity index (χ2v) is 8.86. The van der Waals surface area contributed by atoms with E-state index in [1.54, 1.807) is 36.7 Å². The van der Waals surface area contributed by atoms with Gasteiger partial charge in [0.15, 0.2) is 0 Å². The number of benzene rings is 2. The Kier molecular flexibility index (Phi) is 6.41. The number of carbonyl (C=O) groups is 2. The molecule has 0 spiro atoms. The van der Waals surface area contributed by atoms with E-state index in [0.717, 1.165) is 37.7 Å². The number of nitrogens with zero attached hydrogens (tertiary/aromatic N) is 3. The molecule has 184 valence electrons. The Bertz CT molecular complexity index is 1320. The molecule has 7 nitrogen and oxygen atoms in total. The van der Waals surface area contributed by atoms with E-state index in [4.69, 9.17) is 4.74 Å². The number of anilines is 2. The molecular formula is C28H26FN3O4. The van der Waals surface area contributed by atoms with Crippen LogP contribution in [-0.2, 0) is 9.59 Å². The number of aromatic nitrogens is 1. The molecule has 8 heteroatoms. The fourth-order valence-electron chi connectivity index (χ4n) is 4.94. The highest BCUT2D eigenvalue weighted by Crippen LogP contribution is 2.43. The van der Waals surface area contributed by atoms with E-state index in [-0.39, 0.29) is 16.9 Å². The molecule has 1 amide bonds. The van der Waals surface area contributed by atoms with Gasteiger partial charge >= 0.3 is 0 Å². The summed E-state index contributed by atoms with van der Waals surface area (Å²) in [5, 5.41) is 11.3. The molecule has 0 bridgehead atoms. The Morgan fingerprint density at radius 1 is 1.03 bits per heavy atom. The predicted octanol–water partition coefficient (Wildman–Crippen LogP) is 4.85. The highest BCUT2D eigenvalue weighted by atomic mass is 19.1. The monoisotopic (exact) mass is 487 g/mol. The summed E-state index contributed by atoms with van der Waals surface area (Å²) in [6.07, 6.45) is 6.63. The second-order valence-electron chi connectivity index (χ2n) is 8.86. The molecule has 0 aliphatic carbocycles. The van der Waals surface area contributed by atoms with Crippen molar-refractivity contribution in [3.05, 3.63) is 89.5 Å². The van der Waals surface area contributed by atoms with Crippen LogP contribution >= 0.6 is 0 Å². The van der Waals surface area contributed by atoms with Crippen LogP contribution in [0, 0.1) is 5.82 Å². The Labute approximate surface area is 208 Å². The van der Waals surface area contributed by atoms with Crippen LogP contribution in [0.1, 0.15) is 36.4 Å². The largest absolute Gasteiger partial charge is 0.507 e. The van der Waals surface area contributed by atoms with Crippen molar-refractivity contribution in [2.75, 3.05) is 30.0 Å². The fraction of sp³-hybridized carbons (Fsp3) is 0.250. The van der Waals surface area contributed by atoms with Gasteiger partial charge in [-0.2, -0.15) is 0 Å². The average Bonchev–Trinajstić information content (AvgIpc) is 3.19. The Hall–Kier alpha value is -4.20. The van der Waals surface area contributed by atoms with Crippen LogP contribution in [0.2, 0.25) is 0 Å². The van der Waals surface area contributed by atoms with E-state index in [1.165, 1.54) is 30.6 Å². The zero-order chi connectivity index (χ0) is 25.2. The summed E-state index contributed by atoms with van der Waals surface area (Å²) >= 11 is 0. The molecule has 1 unspecified atom stereocenters. The maximum absolute atomic E-state index is 14.1. The van der Waals surface area contributed by atoms with Gasteiger partial charge in [0.1, 0.15) is 17.3 Å². The van der Waals surface area contributed by atoms with Crippen LogP contribution in [0.4, 0.5) is 15.8 Å². The molecule has 2 aliphatic heterocycles. The summed E-state index contributed by atoms with van der Waals surface area (Å²) in [5.74, 6) is -2.60. The Morgan fingerprint density at radius 3 is 2.42 bits per heavy atom. The molecule has 1 aromatic heterocycles. The summed E-state index contributed by atoms with van der Waals surface area (Å²) in [6.45, 7) is 1.96. The number of amides is 1. The summed E-state index contributed by atoms with van der Waals surface area (Å²) in [5.41, 5.74) is 1.94. The minimum atomic E-state index is -0.951. The third kappa shape index (κ3) is 4.19. The lowest BCUT2D eigenvalue weighted by Crippen LogP contribution is -2.30. The molecule has 2 aromatic carbocycles. The Balaban J connectivity index is 1.62. The number of halogens is 1. The van der Waals surface area contributed by atoms with Crippen LogP contribution in [0.3, 0.4) is 0 Å². The first kappa shape index (κ1) is 23.5. The third-order valence-corrected chi connectivity index (χ3v) is 6.71. The molecule has 2 aliphatic rings. The lowest BCUT2D eigenvalue weighted by atomic mass is 9.95. The van der Waals surface area contributed by atoms with Gasteiger partial charge in [-0.1, -0.05) is 6.07 Å². The molecule has 2 saturated heterocycles. The number of piperidine rings is 1. The zero-order valence-electron chi connectivity index (χ0n) is 19.9. The molecule has 2 fully saturated rings. The van der Waals surface area contributed by atoms with Crippen molar-refractivity contribution in [3.8, 4) is 5.75 Å². The second kappa shape index (κ2) is 9.81. The maximum atomic E-state index is 14.1. The van der Waals surface area contributed by atoms with E-state index in [2.05, 4.69) is 9.88 Å². The molecule has 0 radical (unpaired) electrons. The van der Waals surface area contributed by atoms with Crippen molar-refractivity contribution < 1.29 is 23.8 Å². The van der Waals surface area contributed by atoms with E-state index in [1.807, 2.05) is 12.1 Å². The van der Waals surface area contributed by atoms with Crippen LogP contribution in [0.5, 0.6) is 5.75 Å². The molecule has 0 saturated carbocycles. The van der Waals surface area contributed by atoms with Crippen LogP contribution in [-0.4, -0.2) is 42.0 Å². The minimum Gasteiger partial charge on any atom is -0.507 e. The Morgan fingerprint density at radius 2 is 1.75 bits per heavy atom. The highest BCUT2D eigenvalue weighted by molar-refractivity contribution is 6.51. The quantitative estimate of drug-likeness (QED) is 0.315. The summed E-state index contributed by atoms with van der Waals surface area (Å²) in [6, 6.07) is 13.6. The van der Waals surface area contributed by atoms with Gasteiger partial charge in [0.2, 0.25) is 0 Å². The molecular weight excluding hydrogens is 461 g/mol. The summed E-state index contributed by atoms with van der Waals surface area (Å²) in [4.78, 5) is 34.5. The topological polar surface area (TPSA) is 83.0 Å². The zero-order valence-corrected chi connectivity index (χ0v) is 19.9. The van der Waals surface area contributed by atoms with Gasteiger partial charge in [-0.25, -0.2) is 4.39 Å². The number of methoxy groups -OCH3 is 1. The first-order valence-corrected chi connectivity index (χ1v) is 11.9.